The molecule has 0 bridgehead atoms. The molecule has 1 aromatic carbocycles. The second kappa shape index (κ2) is 7.59. The van der Waals surface area contributed by atoms with Crippen LogP contribution in [0.2, 0.25) is 0 Å². The lowest BCUT2D eigenvalue weighted by atomic mass is 10.00. The van der Waals surface area contributed by atoms with Crippen molar-refractivity contribution in [2.24, 2.45) is 0 Å². The average Bonchev–Trinajstić information content (AvgIpc) is 2.42. The molecule has 0 fully saturated rings. The van der Waals surface area contributed by atoms with Crippen LogP contribution < -0.4 is 5.32 Å². The van der Waals surface area contributed by atoms with Gasteiger partial charge in [-0.2, -0.15) is 0 Å². The standard InChI is InChI=1S/C14H19F2NO2S/c1-4-19-13(18)14(2,17-3)7-8-20-12-9-10(15)5-6-11(12)16/h5-6,9,17H,4,7-8H2,1-3H3. The second-order valence-corrected chi connectivity index (χ2v) is 5.61. The minimum absolute atomic E-state index is 0.243. The van der Waals surface area contributed by atoms with Crippen molar-refractivity contribution in [2.75, 3.05) is 19.4 Å². The van der Waals surface area contributed by atoms with Gasteiger partial charge in [0.05, 0.1) is 6.61 Å². The Kier molecular flexibility index (Phi) is 6.42. The van der Waals surface area contributed by atoms with Crippen LogP contribution in [0, 0.1) is 11.6 Å². The molecule has 1 unspecified atom stereocenters. The zero-order valence-electron chi connectivity index (χ0n) is 11.8. The maximum absolute atomic E-state index is 13.5. The molecule has 1 atom stereocenters. The Morgan fingerprint density at radius 1 is 1.45 bits per heavy atom. The van der Waals surface area contributed by atoms with E-state index in [2.05, 4.69) is 5.32 Å². The summed E-state index contributed by atoms with van der Waals surface area (Å²) >= 11 is 1.18. The fraction of sp³-hybridized carbons (Fsp3) is 0.500. The molecule has 0 aliphatic carbocycles. The Morgan fingerprint density at radius 2 is 2.15 bits per heavy atom. The summed E-state index contributed by atoms with van der Waals surface area (Å²) in [6.45, 7) is 3.78. The molecule has 0 aliphatic rings. The topological polar surface area (TPSA) is 38.3 Å². The lowest BCUT2D eigenvalue weighted by Crippen LogP contribution is -2.49. The van der Waals surface area contributed by atoms with E-state index in [0.29, 0.717) is 18.8 Å². The minimum atomic E-state index is -0.827. The number of likely N-dealkylation sites (N-methyl/N-ethyl adjacent to an activating group) is 1. The molecule has 1 N–H and O–H groups in total. The second-order valence-electron chi connectivity index (χ2n) is 4.48. The number of rotatable bonds is 7. The van der Waals surface area contributed by atoms with Gasteiger partial charge >= 0.3 is 5.97 Å². The first-order chi connectivity index (χ1) is 9.42. The Hall–Kier alpha value is -1.14. The number of carbonyl (C=O) groups excluding carboxylic acids is 1. The smallest absolute Gasteiger partial charge is 0.326 e. The number of hydrogen-bond acceptors (Lipinski definition) is 4. The van der Waals surface area contributed by atoms with Crippen LogP contribution in [0.1, 0.15) is 20.3 Å². The van der Waals surface area contributed by atoms with Gasteiger partial charge in [-0.15, -0.1) is 11.8 Å². The van der Waals surface area contributed by atoms with E-state index in [4.69, 9.17) is 4.74 Å². The van der Waals surface area contributed by atoms with Gasteiger partial charge in [0.2, 0.25) is 0 Å². The van der Waals surface area contributed by atoms with Crippen LogP contribution in [0.4, 0.5) is 8.78 Å². The van der Waals surface area contributed by atoms with E-state index in [1.165, 1.54) is 11.8 Å². The lowest BCUT2D eigenvalue weighted by Gasteiger charge is -2.26. The van der Waals surface area contributed by atoms with Gasteiger partial charge in [-0.3, -0.25) is 4.79 Å². The molecule has 1 rings (SSSR count). The summed E-state index contributed by atoms with van der Waals surface area (Å²) in [6, 6.07) is 3.33. The third-order valence-corrected chi connectivity index (χ3v) is 4.06. The van der Waals surface area contributed by atoms with Gasteiger partial charge < -0.3 is 10.1 Å². The highest BCUT2D eigenvalue weighted by Gasteiger charge is 2.32. The molecule has 3 nitrogen and oxygen atoms in total. The van der Waals surface area contributed by atoms with Gasteiger partial charge in [0.1, 0.15) is 17.2 Å². The van der Waals surface area contributed by atoms with Crippen molar-refractivity contribution in [2.45, 2.75) is 30.7 Å². The van der Waals surface area contributed by atoms with E-state index >= 15 is 0 Å². The molecule has 0 aromatic heterocycles. The fourth-order valence-electron chi connectivity index (χ4n) is 1.57. The molecule has 1 aromatic rings. The van der Waals surface area contributed by atoms with Crippen molar-refractivity contribution in [3.63, 3.8) is 0 Å². The number of benzene rings is 1. The number of hydrogen-bond donors (Lipinski definition) is 1. The van der Waals surface area contributed by atoms with Crippen LogP contribution in [0.5, 0.6) is 0 Å². The number of nitrogens with one attached hydrogen (secondary N) is 1. The van der Waals surface area contributed by atoms with Crippen molar-refractivity contribution in [1.29, 1.82) is 0 Å². The highest BCUT2D eigenvalue weighted by Crippen LogP contribution is 2.25. The van der Waals surface area contributed by atoms with Crippen molar-refractivity contribution >= 4 is 17.7 Å². The SMILES string of the molecule is CCOC(=O)C(C)(CCSc1cc(F)ccc1F)NC. The van der Waals surface area contributed by atoms with Gasteiger partial charge in [-0.25, -0.2) is 8.78 Å². The summed E-state index contributed by atoms with van der Waals surface area (Å²) in [6.07, 6.45) is 0.447. The quantitative estimate of drug-likeness (QED) is 0.621. The average molecular weight is 303 g/mol. The van der Waals surface area contributed by atoms with Crippen molar-refractivity contribution in [3.8, 4) is 0 Å². The number of esters is 1. The summed E-state index contributed by atoms with van der Waals surface area (Å²) in [5, 5.41) is 2.92. The van der Waals surface area contributed by atoms with Crippen LogP contribution in [0.3, 0.4) is 0 Å². The van der Waals surface area contributed by atoms with Crippen molar-refractivity contribution in [1.82, 2.24) is 5.32 Å². The van der Waals surface area contributed by atoms with Crippen molar-refractivity contribution < 1.29 is 18.3 Å². The minimum Gasteiger partial charge on any atom is -0.465 e. The predicted octanol–water partition coefficient (Wildman–Crippen LogP) is 2.99. The molecular formula is C14H19F2NO2S. The molecule has 0 amide bonds. The number of ether oxygens (including phenoxy) is 1. The molecule has 112 valence electrons. The predicted molar refractivity (Wildman–Crippen MR) is 75.8 cm³/mol. The van der Waals surface area contributed by atoms with Crippen LogP contribution >= 0.6 is 11.8 Å². The highest BCUT2D eigenvalue weighted by molar-refractivity contribution is 7.99. The molecule has 6 heteroatoms. The summed E-state index contributed by atoms with van der Waals surface area (Å²) in [5.41, 5.74) is -0.827. The van der Waals surface area contributed by atoms with E-state index in [0.717, 1.165) is 18.2 Å². The molecule has 0 radical (unpaired) electrons. The summed E-state index contributed by atoms with van der Waals surface area (Å²) in [7, 11) is 1.67. The number of thioether (sulfide) groups is 1. The summed E-state index contributed by atoms with van der Waals surface area (Å²) in [4.78, 5) is 12.1. The molecule has 0 aliphatic heterocycles. The molecular weight excluding hydrogens is 284 g/mol. The Balaban J connectivity index is 2.61. The van der Waals surface area contributed by atoms with E-state index in [1.54, 1.807) is 20.9 Å². The zero-order chi connectivity index (χ0) is 15.2. The van der Waals surface area contributed by atoms with Gasteiger partial charge in [-0.1, -0.05) is 0 Å². The van der Waals surface area contributed by atoms with E-state index < -0.39 is 17.2 Å². The monoisotopic (exact) mass is 303 g/mol. The van der Waals surface area contributed by atoms with Crippen LogP contribution in [-0.4, -0.2) is 30.9 Å². The van der Waals surface area contributed by atoms with E-state index in [9.17, 15) is 13.6 Å². The third-order valence-electron chi connectivity index (χ3n) is 3.03. The first-order valence-electron chi connectivity index (χ1n) is 6.37. The van der Waals surface area contributed by atoms with Gasteiger partial charge in [-0.05, 0) is 45.5 Å². The molecule has 20 heavy (non-hydrogen) atoms. The number of halogens is 2. The Labute approximate surface area is 122 Å². The summed E-state index contributed by atoms with van der Waals surface area (Å²) < 4.78 is 31.5. The van der Waals surface area contributed by atoms with Gasteiger partial charge in [0, 0.05) is 10.6 Å². The maximum Gasteiger partial charge on any atom is 0.326 e. The molecule has 0 spiro atoms. The number of carbonyl (C=O) groups is 1. The summed E-state index contributed by atoms with van der Waals surface area (Å²) in [5.74, 6) is -0.812. The lowest BCUT2D eigenvalue weighted by molar-refractivity contribution is -0.150. The van der Waals surface area contributed by atoms with Gasteiger partial charge in [0.15, 0.2) is 0 Å². The highest BCUT2D eigenvalue weighted by atomic mass is 32.2. The largest absolute Gasteiger partial charge is 0.465 e. The Morgan fingerprint density at radius 3 is 2.75 bits per heavy atom. The van der Waals surface area contributed by atoms with E-state index in [1.807, 2.05) is 0 Å². The van der Waals surface area contributed by atoms with Crippen molar-refractivity contribution in [3.05, 3.63) is 29.8 Å². The van der Waals surface area contributed by atoms with E-state index in [-0.39, 0.29) is 10.9 Å². The molecule has 0 saturated carbocycles. The maximum atomic E-state index is 13.5. The first-order valence-corrected chi connectivity index (χ1v) is 7.35. The van der Waals surface area contributed by atoms with Crippen LogP contribution in [0.15, 0.2) is 23.1 Å². The molecule has 0 saturated heterocycles. The van der Waals surface area contributed by atoms with Gasteiger partial charge in [0.25, 0.3) is 0 Å². The third kappa shape index (κ3) is 4.45. The first kappa shape index (κ1) is 16.9. The van der Waals surface area contributed by atoms with Crippen LogP contribution in [0.25, 0.3) is 0 Å². The van der Waals surface area contributed by atoms with Crippen LogP contribution in [-0.2, 0) is 9.53 Å². The Bertz CT molecular complexity index is 470. The molecule has 0 heterocycles. The normalized spacial score (nSPS) is 13.8. The zero-order valence-corrected chi connectivity index (χ0v) is 12.7. The fourth-order valence-corrected chi connectivity index (χ4v) is 2.70.